The molecule has 2 aliphatic heterocycles. The summed E-state index contributed by atoms with van der Waals surface area (Å²) >= 11 is 1.50. The monoisotopic (exact) mass is 504 g/mol. The molecule has 3 heterocycles. The van der Waals surface area contributed by atoms with Crippen molar-refractivity contribution in [3.8, 4) is 11.8 Å². The summed E-state index contributed by atoms with van der Waals surface area (Å²) in [6.45, 7) is 7.01. The molecule has 7 nitrogen and oxygen atoms in total. The van der Waals surface area contributed by atoms with Crippen LogP contribution in [0, 0.1) is 6.07 Å². The number of benzene rings is 2. The molecule has 0 radical (unpaired) electrons. The van der Waals surface area contributed by atoms with E-state index in [2.05, 4.69) is 44.2 Å². The first-order valence-electron chi connectivity index (χ1n) is 12.9. The minimum absolute atomic E-state index is 0.545. The van der Waals surface area contributed by atoms with Gasteiger partial charge in [0, 0.05) is 37.3 Å². The van der Waals surface area contributed by atoms with Crippen LogP contribution in [0.25, 0.3) is 14.9 Å². The number of nitrogens with two attached hydrogens (primary N) is 1. The summed E-state index contributed by atoms with van der Waals surface area (Å²) in [5, 5.41) is 4.44. The number of rotatable bonds is 6. The van der Waals surface area contributed by atoms with Crippen LogP contribution >= 0.6 is 11.3 Å². The number of anilines is 2. The van der Waals surface area contributed by atoms with Gasteiger partial charge in [-0.1, -0.05) is 17.0 Å². The second kappa shape index (κ2) is 11.6. The van der Waals surface area contributed by atoms with E-state index in [4.69, 9.17) is 10.5 Å². The van der Waals surface area contributed by atoms with Crippen molar-refractivity contribution in [2.24, 2.45) is 5.73 Å². The largest absolute Gasteiger partial charge is 0.491 e. The molecule has 0 unspecified atom stereocenters. The van der Waals surface area contributed by atoms with Crippen LogP contribution < -0.4 is 20.7 Å². The van der Waals surface area contributed by atoms with Gasteiger partial charge in [0.05, 0.1) is 17.3 Å². The van der Waals surface area contributed by atoms with E-state index in [1.54, 1.807) is 0 Å². The molecule has 1 aromatic heterocycles. The van der Waals surface area contributed by atoms with Gasteiger partial charge in [-0.2, -0.15) is 0 Å². The van der Waals surface area contributed by atoms with E-state index in [1.165, 1.54) is 29.0 Å². The number of hydrogen-bond donors (Lipinski definition) is 2. The van der Waals surface area contributed by atoms with Crippen molar-refractivity contribution in [2.75, 3.05) is 56.1 Å². The highest BCUT2D eigenvalue weighted by molar-refractivity contribution is 7.22. The molecular weight excluding hydrogens is 470 g/mol. The second-order valence-corrected chi connectivity index (χ2v) is 10.5. The Morgan fingerprint density at radius 1 is 1.11 bits per heavy atom. The van der Waals surface area contributed by atoms with Crippen LogP contribution in [0.3, 0.4) is 0 Å². The molecule has 2 aromatic carbocycles. The molecule has 1 fully saturated rings. The van der Waals surface area contributed by atoms with Crippen LogP contribution in [0.4, 0.5) is 15.5 Å². The quantitative estimate of drug-likeness (QED) is 0.442. The Morgan fingerprint density at radius 3 is 2.86 bits per heavy atom. The number of hydrogen-bond acceptors (Lipinski definition) is 5. The zero-order chi connectivity index (χ0) is 24.7. The van der Waals surface area contributed by atoms with Gasteiger partial charge in [0.25, 0.3) is 6.54 Å². The molecule has 0 spiro atoms. The van der Waals surface area contributed by atoms with E-state index in [-0.39, 0.29) is 0 Å². The Bertz CT molecular complexity index is 1270. The Morgan fingerprint density at radius 2 is 2.00 bits per heavy atom. The first-order valence-corrected chi connectivity index (χ1v) is 13.7. The normalized spacial score (nSPS) is 15.9. The first-order chi connectivity index (χ1) is 17.7. The smallest absolute Gasteiger partial charge is 0.317 e. The average molecular weight is 505 g/mol. The summed E-state index contributed by atoms with van der Waals surface area (Å²) in [7, 11) is 0. The van der Waals surface area contributed by atoms with Crippen molar-refractivity contribution >= 4 is 38.1 Å². The maximum absolute atomic E-state index is 11.1. The summed E-state index contributed by atoms with van der Waals surface area (Å²) in [6.07, 6.45) is 5.68. The number of aryl methyl sites for hydroxylation is 1. The Labute approximate surface area is 216 Å². The van der Waals surface area contributed by atoms with E-state index in [9.17, 15) is 4.79 Å². The molecular formula is C28H34N5O2S+. The van der Waals surface area contributed by atoms with Crippen molar-refractivity contribution in [1.29, 1.82) is 0 Å². The molecule has 1 saturated heterocycles. The predicted molar refractivity (Wildman–Crippen MR) is 149 cm³/mol. The van der Waals surface area contributed by atoms with Crippen molar-refractivity contribution < 1.29 is 9.53 Å². The fourth-order valence-corrected chi connectivity index (χ4v) is 5.90. The fourth-order valence-electron chi connectivity index (χ4n) is 4.96. The number of unbranched alkanes of at least 4 members (excludes halogenated alkanes) is 1. The third-order valence-corrected chi connectivity index (χ3v) is 7.87. The maximum Gasteiger partial charge on any atom is 0.317 e. The van der Waals surface area contributed by atoms with Crippen molar-refractivity contribution in [3.63, 3.8) is 0 Å². The molecule has 3 aromatic rings. The van der Waals surface area contributed by atoms with Crippen LogP contribution in [0.2, 0.25) is 0 Å². The lowest BCUT2D eigenvalue weighted by Gasteiger charge is -2.37. The number of nitrogens with one attached hydrogen (secondary N) is 1. The Hall–Kier alpha value is -3.28. The van der Waals surface area contributed by atoms with Gasteiger partial charge < -0.3 is 15.4 Å². The van der Waals surface area contributed by atoms with Crippen LogP contribution in [0.5, 0.6) is 5.75 Å². The Balaban J connectivity index is 1.05. The van der Waals surface area contributed by atoms with Gasteiger partial charge in [0.15, 0.2) is 0 Å². The van der Waals surface area contributed by atoms with Crippen molar-refractivity contribution in [1.82, 2.24) is 4.90 Å². The topological polar surface area (TPSA) is 75.2 Å². The zero-order valence-electron chi connectivity index (χ0n) is 20.7. The summed E-state index contributed by atoms with van der Waals surface area (Å²) < 4.78 is 7.24. The number of urea groups is 1. The average Bonchev–Trinajstić information content (AvgIpc) is 3.11. The molecule has 8 heteroatoms. The third kappa shape index (κ3) is 6.10. The van der Waals surface area contributed by atoms with Crippen LogP contribution in [0.15, 0.2) is 42.5 Å². The van der Waals surface area contributed by atoms with Gasteiger partial charge in [-0.05, 0) is 73.5 Å². The number of piperazine rings is 1. The number of carbonyl (C=O) groups excluding carboxylic acids is 1. The standard InChI is InChI=1S/C28H33N5O2S/c29-28(34)31-26-19-23-18-21(9-10-25(23)36-26)20-30-11-2-3-12-32-13-15-33(16-14-32)24-8-5-7-22-6-1-4-17-35-27(22)24/h5,7-10,18-19H,1-4,6,11-17H2,(H2-,29,31,34)/p+1. The minimum Gasteiger partial charge on any atom is -0.491 e. The van der Waals surface area contributed by atoms with Gasteiger partial charge in [-0.3, -0.25) is 10.2 Å². The highest BCUT2D eigenvalue weighted by Crippen LogP contribution is 2.35. The summed E-state index contributed by atoms with van der Waals surface area (Å²) in [5.74, 6) is 1.12. The summed E-state index contributed by atoms with van der Waals surface area (Å²) in [4.78, 5) is 20.6. The molecule has 3 N–H and O–H groups in total. The predicted octanol–water partition coefficient (Wildman–Crippen LogP) is 5.39. The highest BCUT2D eigenvalue weighted by Gasteiger charge is 2.22. The van der Waals surface area contributed by atoms with Crippen LogP contribution in [0.1, 0.15) is 36.8 Å². The van der Waals surface area contributed by atoms with Gasteiger partial charge in [0.2, 0.25) is 0 Å². The van der Waals surface area contributed by atoms with Crippen LogP contribution in [-0.4, -0.2) is 56.8 Å². The second-order valence-electron chi connectivity index (χ2n) is 9.45. The zero-order valence-corrected chi connectivity index (χ0v) is 21.5. The lowest BCUT2D eigenvalue weighted by Crippen LogP contribution is -2.46. The van der Waals surface area contributed by atoms with E-state index in [0.717, 1.165) is 98.0 Å². The summed E-state index contributed by atoms with van der Waals surface area (Å²) in [6, 6.07) is 17.3. The fraction of sp³-hybridized carbons (Fsp3) is 0.429. The third-order valence-electron chi connectivity index (χ3n) is 6.84. The molecule has 36 heavy (non-hydrogen) atoms. The van der Waals surface area contributed by atoms with Gasteiger partial charge in [-0.25, -0.2) is 4.79 Å². The molecule has 5 rings (SSSR count). The van der Waals surface area contributed by atoms with E-state index in [0.29, 0.717) is 0 Å². The first kappa shape index (κ1) is 24.4. The molecule has 0 saturated carbocycles. The number of amides is 2. The van der Waals surface area contributed by atoms with E-state index < -0.39 is 6.03 Å². The molecule has 2 amide bonds. The van der Waals surface area contributed by atoms with Crippen molar-refractivity contribution in [2.45, 2.75) is 32.1 Å². The van der Waals surface area contributed by atoms with E-state index >= 15 is 0 Å². The minimum atomic E-state index is -0.545. The molecule has 2 aliphatic rings. The molecule has 0 atom stereocenters. The number of fused-ring (bicyclic) bond motifs is 2. The number of nitrogens with zero attached hydrogens (tertiary/aromatic N) is 3. The number of primary amides is 1. The number of carbonyl (C=O) groups is 1. The molecule has 0 aliphatic carbocycles. The summed E-state index contributed by atoms with van der Waals surface area (Å²) in [5.41, 5.74) is 8.80. The Kier molecular flexibility index (Phi) is 7.89. The van der Waals surface area contributed by atoms with Gasteiger partial charge in [-0.15, -0.1) is 11.3 Å². The van der Waals surface area contributed by atoms with E-state index in [1.807, 2.05) is 24.3 Å². The number of ether oxygens (including phenoxy) is 1. The SMILES string of the molecule is NC(=O)Nc1cc2cc(C#[N+]CCCCN3CCN(c4cccc5c4OCCCC5)CC3)ccc2s1. The van der Waals surface area contributed by atoms with Gasteiger partial charge in [0.1, 0.15) is 11.3 Å². The number of thiophene rings is 1. The lowest BCUT2D eigenvalue weighted by atomic mass is 10.1. The highest BCUT2D eigenvalue weighted by atomic mass is 32.1. The lowest BCUT2D eigenvalue weighted by molar-refractivity contribution is 0.252. The van der Waals surface area contributed by atoms with Crippen LogP contribution in [-0.2, 0) is 6.42 Å². The molecule has 188 valence electrons. The van der Waals surface area contributed by atoms with Gasteiger partial charge >= 0.3 is 12.1 Å². The van der Waals surface area contributed by atoms with Crippen molar-refractivity contribution in [3.05, 3.63) is 58.4 Å². The number of para-hydroxylation sites is 1. The molecule has 0 bridgehead atoms. The maximum atomic E-state index is 11.1.